The molecule has 0 aromatic carbocycles. The van der Waals surface area contributed by atoms with E-state index in [9.17, 15) is 9.59 Å². The van der Waals surface area contributed by atoms with E-state index in [2.05, 4.69) is 25.6 Å². The lowest BCUT2D eigenvalue weighted by Crippen LogP contribution is -2.37. The van der Waals surface area contributed by atoms with Gasteiger partial charge in [0, 0.05) is 25.1 Å². The molecule has 2 rings (SSSR count). The van der Waals surface area contributed by atoms with E-state index in [0.717, 1.165) is 0 Å². The van der Waals surface area contributed by atoms with E-state index < -0.39 is 5.97 Å². The number of hydrogen-bond acceptors (Lipinski definition) is 4. The highest BCUT2D eigenvalue weighted by atomic mass is 16.4. The number of aromatic nitrogens is 3. The number of carbonyl (C=O) groups excluding carboxylic acids is 1. The molecule has 8 nitrogen and oxygen atoms in total. The maximum absolute atomic E-state index is 11.7. The summed E-state index contributed by atoms with van der Waals surface area (Å²) >= 11 is 0. The van der Waals surface area contributed by atoms with Crippen LogP contribution in [-0.4, -0.2) is 32.1 Å². The topological polar surface area (TPSA) is 120 Å². The summed E-state index contributed by atoms with van der Waals surface area (Å²) in [6.45, 7) is 2.06. The average molecular weight is 289 g/mol. The molecular weight excluding hydrogens is 274 g/mol. The van der Waals surface area contributed by atoms with Gasteiger partial charge in [-0.1, -0.05) is 6.07 Å². The number of carboxylic acid groups (broad SMARTS) is 1. The van der Waals surface area contributed by atoms with Gasteiger partial charge in [0.05, 0.1) is 6.04 Å². The van der Waals surface area contributed by atoms with E-state index in [0.29, 0.717) is 11.4 Å². The van der Waals surface area contributed by atoms with Crippen molar-refractivity contribution in [3.05, 3.63) is 47.8 Å². The SMILES string of the molecule is CC(NC(=O)NCc1ccc(C(=O)O)nc1)c1ncc[nH]1. The van der Waals surface area contributed by atoms with Gasteiger partial charge in [-0.2, -0.15) is 0 Å². The maximum Gasteiger partial charge on any atom is 0.354 e. The van der Waals surface area contributed by atoms with E-state index >= 15 is 0 Å². The van der Waals surface area contributed by atoms with Crippen molar-refractivity contribution in [3.8, 4) is 0 Å². The quantitative estimate of drug-likeness (QED) is 0.656. The molecule has 2 aromatic rings. The van der Waals surface area contributed by atoms with Crippen molar-refractivity contribution in [2.45, 2.75) is 19.5 Å². The lowest BCUT2D eigenvalue weighted by Gasteiger charge is -2.12. The first-order valence-electron chi connectivity index (χ1n) is 6.28. The Bertz CT molecular complexity index is 609. The van der Waals surface area contributed by atoms with Crippen LogP contribution in [0.15, 0.2) is 30.7 Å². The molecule has 4 N–H and O–H groups in total. The number of urea groups is 1. The molecule has 2 amide bonds. The lowest BCUT2D eigenvalue weighted by molar-refractivity contribution is 0.0690. The van der Waals surface area contributed by atoms with Crippen molar-refractivity contribution in [1.82, 2.24) is 25.6 Å². The number of hydrogen-bond donors (Lipinski definition) is 4. The van der Waals surface area contributed by atoms with Crippen LogP contribution in [0.1, 0.15) is 34.8 Å². The normalized spacial score (nSPS) is 11.7. The van der Waals surface area contributed by atoms with Crippen LogP contribution in [-0.2, 0) is 6.54 Å². The molecule has 0 saturated carbocycles. The van der Waals surface area contributed by atoms with E-state index in [-0.39, 0.29) is 24.3 Å². The molecule has 8 heteroatoms. The zero-order valence-electron chi connectivity index (χ0n) is 11.3. The van der Waals surface area contributed by atoms with Gasteiger partial charge in [0.25, 0.3) is 0 Å². The Hall–Kier alpha value is -2.90. The molecule has 0 aliphatic carbocycles. The van der Waals surface area contributed by atoms with Crippen molar-refractivity contribution < 1.29 is 14.7 Å². The van der Waals surface area contributed by atoms with Crippen LogP contribution in [0.4, 0.5) is 4.79 Å². The molecule has 21 heavy (non-hydrogen) atoms. The third kappa shape index (κ3) is 4.03. The Morgan fingerprint density at radius 3 is 2.76 bits per heavy atom. The van der Waals surface area contributed by atoms with Gasteiger partial charge in [-0.15, -0.1) is 0 Å². The van der Waals surface area contributed by atoms with Crippen molar-refractivity contribution >= 4 is 12.0 Å². The minimum absolute atomic E-state index is 0.0327. The zero-order chi connectivity index (χ0) is 15.2. The van der Waals surface area contributed by atoms with E-state index in [4.69, 9.17) is 5.11 Å². The highest BCUT2D eigenvalue weighted by molar-refractivity contribution is 5.85. The molecule has 2 aromatic heterocycles. The third-order valence-electron chi connectivity index (χ3n) is 2.77. The Balaban J connectivity index is 1.82. The number of rotatable bonds is 5. The summed E-state index contributed by atoms with van der Waals surface area (Å²) in [4.78, 5) is 33.1. The molecule has 0 aliphatic heterocycles. The number of aromatic carboxylic acids is 1. The zero-order valence-corrected chi connectivity index (χ0v) is 11.3. The fourth-order valence-electron chi connectivity index (χ4n) is 1.67. The summed E-state index contributed by atoms with van der Waals surface area (Å²) in [5, 5.41) is 14.1. The Kier molecular flexibility index (Phi) is 4.50. The molecule has 2 heterocycles. The summed E-state index contributed by atoms with van der Waals surface area (Å²) in [5.74, 6) is -0.419. The van der Waals surface area contributed by atoms with Gasteiger partial charge in [0.1, 0.15) is 11.5 Å². The monoisotopic (exact) mass is 289 g/mol. The van der Waals surface area contributed by atoms with Gasteiger partial charge in [-0.3, -0.25) is 0 Å². The summed E-state index contributed by atoms with van der Waals surface area (Å²) in [6, 6.07) is 2.41. The minimum atomic E-state index is -1.08. The van der Waals surface area contributed by atoms with E-state index in [1.807, 2.05) is 6.92 Å². The van der Waals surface area contributed by atoms with Gasteiger partial charge in [-0.05, 0) is 18.6 Å². The molecule has 0 fully saturated rings. The summed E-state index contributed by atoms with van der Waals surface area (Å²) in [7, 11) is 0. The van der Waals surface area contributed by atoms with Gasteiger partial charge in [-0.25, -0.2) is 19.6 Å². The predicted octanol–water partition coefficient (Wildman–Crippen LogP) is 1.06. The van der Waals surface area contributed by atoms with Gasteiger partial charge in [0.15, 0.2) is 0 Å². The molecule has 0 spiro atoms. The van der Waals surface area contributed by atoms with Crippen LogP contribution in [0.25, 0.3) is 0 Å². The number of aromatic amines is 1. The molecule has 1 atom stereocenters. The Morgan fingerprint density at radius 2 is 2.19 bits per heavy atom. The number of pyridine rings is 1. The van der Waals surface area contributed by atoms with Crippen LogP contribution >= 0.6 is 0 Å². The van der Waals surface area contributed by atoms with E-state index in [1.54, 1.807) is 18.5 Å². The number of nitrogens with one attached hydrogen (secondary N) is 3. The van der Waals surface area contributed by atoms with Crippen molar-refractivity contribution in [3.63, 3.8) is 0 Å². The molecule has 0 bridgehead atoms. The maximum atomic E-state index is 11.7. The largest absolute Gasteiger partial charge is 0.477 e. The van der Waals surface area contributed by atoms with Crippen LogP contribution in [0, 0.1) is 0 Å². The average Bonchev–Trinajstić information content (AvgIpc) is 3.00. The second-order valence-corrected chi connectivity index (χ2v) is 4.38. The second-order valence-electron chi connectivity index (χ2n) is 4.38. The highest BCUT2D eigenvalue weighted by Gasteiger charge is 2.11. The van der Waals surface area contributed by atoms with Gasteiger partial charge >= 0.3 is 12.0 Å². The first kappa shape index (κ1) is 14.5. The Morgan fingerprint density at radius 1 is 1.38 bits per heavy atom. The minimum Gasteiger partial charge on any atom is -0.477 e. The molecule has 1 unspecified atom stereocenters. The number of H-pyrrole nitrogens is 1. The number of imidazole rings is 1. The summed E-state index contributed by atoms with van der Waals surface area (Å²) < 4.78 is 0. The summed E-state index contributed by atoms with van der Waals surface area (Å²) in [6.07, 6.45) is 4.71. The third-order valence-corrected chi connectivity index (χ3v) is 2.77. The van der Waals surface area contributed by atoms with Crippen LogP contribution in [0.5, 0.6) is 0 Å². The van der Waals surface area contributed by atoms with Crippen LogP contribution in [0.3, 0.4) is 0 Å². The van der Waals surface area contributed by atoms with Crippen molar-refractivity contribution in [2.75, 3.05) is 0 Å². The highest BCUT2D eigenvalue weighted by Crippen LogP contribution is 2.05. The number of carboxylic acids is 1. The smallest absolute Gasteiger partial charge is 0.354 e. The second kappa shape index (κ2) is 6.51. The molecule has 110 valence electrons. The van der Waals surface area contributed by atoms with Crippen molar-refractivity contribution in [2.24, 2.45) is 0 Å². The standard InChI is InChI=1S/C13H15N5O3/c1-8(11-14-4-5-15-11)18-13(21)17-7-9-2-3-10(12(19)20)16-6-9/h2-6,8H,7H2,1H3,(H,14,15)(H,19,20)(H2,17,18,21). The van der Waals surface area contributed by atoms with Crippen molar-refractivity contribution in [1.29, 1.82) is 0 Å². The lowest BCUT2D eigenvalue weighted by atomic mass is 10.2. The number of nitrogens with zero attached hydrogens (tertiary/aromatic N) is 2. The Labute approximate surface area is 120 Å². The molecule has 0 aliphatic rings. The van der Waals surface area contributed by atoms with Crippen LogP contribution < -0.4 is 10.6 Å². The number of amides is 2. The van der Waals surface area contributed by atoms with E-state index in [1.165, 1.54) is 12.3 Å². The molecule has 0 saturated heterocycles. The molecule has 0 radical (unpaired) electrons. The number of carbonyl (C=O) groups is 2. The summed E-state index contributed by atoms with van der Waals surface area (Å²) in [5.41, 5.74) is 0.676. The van der Waals surface area contributed by atoms with Gasteiger partial charge in [0.2, 0.25) is 0 Å². The van der Waals surface area contributed by atoms with Crippen LogP contribution in [0.2, 0.25) is 0 Å². The first-order valence-corrected chi connectivity index (χ1v) is 6.28. The van der Waals surface area contributed by atoms with Gasteiger partial charge < -0.3 is 20.7 Å². The predicted molar refractivity (Wildman–Crippen MR) is 73.6 cm³/mol. The first-order chi connectivity index (χ1) is 10.1. The fourth-order valence-corrected chi connectivity index (χ4v) is 1.67. The fraction of sp³-hybridized carbons (Fsp3) is 0.231. The molecular formula is C13H15N5O3.